The van der Waals surface area contributed by atoms with E-state index in [0.29, 0.717) is 5.82 Å². The second-order valence-electron chi connectivity index (χ2n) is 3.38. The molecule has 0 saturated carbocycles. The average Bonchev–Trinajstić information content (AvgIpc) is 2.70. The van der Waals surface area contributed by atoms with E-state index >= 15 is 0 Å². The topological polar surface area (TPSA) is 55.1 Å². The third-order valence-electron chi connectivity index (χ3n) is 2.15. The van der Waals surface area contributed by atoms with E-state index in [4.69, 9.17) is 16.0 Å². The van der Waals surface area contributed by atoms with Gasteiger partial charge in [0.15, 0.2) is 0 Å². The molecule has 0 aromatic carbocycles. The quantitative estimate of drug-likeness (QED) is 0.920. The predicted octanol–water partition coefficient (Wildman–Crippen LogP) is 3.65. The van der Waals surface area contributed by atoms with Crippen LogP contribution in [0, 0.1) is 6.92 Å². The van der Waals surface area contributed by atoms with Crippen molar-refractivity contribution in [3.05, 3.63) is 45.4 Å². The summed E-state index contributed by atoms with van der Waals surface area (Å²) < 4.78 is 5.73. The molecule has 17 heavy (non-hydrogen) atoms. The zero-order valence-electron chi connectivity index (χ0n) is 8.83. The van der Waals surface area contributed by atoms with E-state index in [2.05, 4.69) is 26.2 Å². The van der Waals surface area contributed by atoms with Gasteiger partial charge in [0.05, 0.1) is 11.8 Å². The van der Waals surface area contributed by atoms with Crippen LogP contribution in [0.2, 0.25) is 5.22 Å². The number of pyridine rings is 1. The Labute approximate surface area is 111 Å². The second kappa shape index (κ2) is 4.89. The lowest BCUT2D eigenvalue weighted by atomic mass is 10.3. The molecule has 0 aliphatic carbocycles. The molecular weight excluding hydrogens is 307 g/mol. The lowest BCUT2D eigenvalue weighted by molar-refractivity contribution is 0.102. The lowest BCUT2D eigenvalue weighted by Crippen LogP contribution is -2.12. The van der Waals surface area contributed by atoms with Crippen molar-refractivity contribution in [3.63, 3.8) is 0 Å². The van der Waals surface area contributed by atoms with Gasteiger partial charge in [-0.25, -0.2) is 4.98 Å². The molecule has 0 spiro atoms. The Balaban J connectivity index is 2.19. The van der Waals surface area contributed by atoms with Gasteiger partial charge in [0, 0.05) is 10.7 Å². The number of carbonyl (C=O) groups is 1. The van der Waals surface area contributed by atoms with Crippen molar-refractivity contribution in [1.82, 2.24) is 4.98 Å². The maximum absolute atomic E-state index is 11.8. The van der Waals surface area contributed by atoms with Crippen LogP contribution >= 0.6 is 27.5 Å². The van der Waals surface area contributed by atoms with Crippen LogP contribution in [0.5, 0.6) is 0 Å². The molecule has 0 bridgehead atoms. The number of furan rings is 1. The van der Waals surface area contributed by atoms with Gasteiger partial charge in [-0.3, -0.25) is 4.79 Å². The van der Waals surface area contributed by atoms with Gasteiger partial charge < -0.3 is 9.73 Å². The lowest BCUT2D eigenvalue weighted by Gasteiger charge is -2.04. The van der Waals surface area contributed by atoms with Crippen LogP contribution in [0.1, 0.15) is 15.9 Å². The van der Waals surface area contributed by atoms with Gasteiger partial charge in [-0.1, -0.05) is 0 Å². The molecule has 0 fully saturated rings. The first-order valence-corrected chi connectivity index (χ1v) is 5.91. The van der Waals surface area contributed by atoms with E-state index in [1.54, 1.807) is 12.3 Å². The van der Waals surface area contributed by atoms with Gasteiger partial charge in [0.1, 0.15) is 5.82 Å². The summed E-state index contributed by atoms with van der Waals surface area (Å²) in [4.78, 5) is 15.9. The fourth-order valence-corrected chi connectivity index (χ4v) is 1.66. The molecule has 88 valence electrons. The van der Waals surface area contributed by atoms with E-state index in [9.17, 15) is 4.79 Å². The number of anilines is 1. The van der Waals surface area contributed by atoms with E-state index < -0.39 is 0 Å². The SMILES string of the molecule is Cc1cc(NC(=O)c2ccoc2Cl)ncc1Br. The normalized spacial score (nSPS) is 10.3. The molecule has 4 nitrogen and oxygen atoms in total. The number of amides is 1. The highest BCUT2D eigenvalue weighted by molar-refractivity contribution is 9.10. The van der Waals surface area contributed by atoms with Gasteiger partial charge in [-0.2, -0.15) is 0 Å². The minimum atomic E-state index is -0.349. The number of hydrogen-bond donors (Lipinski definition) is 1. The number of rotatable bonds is 2. The Hall–Kier alpha value is -1.33. The number of halogens is 2. The van der Waals surface area contributed by atoms with Gasteiger partial charge >= 0.3 is 0 Å². The highest BCUT2D eigenvalue weighted by Crippen LogP contribution is 2.20. The molecular formula is C11H8BrClN2O2. The summed E-state index contributed by atoms with van der Waals surface area (Å²) in [6.45, 7) is 1.91. The Morgan fingerprint density at radius 3 is 2.94 bits per heavy atom. The molecule has 0 aliphatic rings. The fraction of sp³-hybridized carbons (Fsp3) is 0.0909. The smallest absolute Gasteiger partial charge is 0.261 e. The minimum Gasteiger partial charge on any atom is -0.452 e. The Bertz CT molecular complexity index is 568. The zero-order valence-corrected chi connectivity index (χ0v) is 11.2. The van der Waals surface area contributed by atoms with Crippen LogP contribution < -0.4 is 5.32 Å². The van der Waals surface area contributed by atoms with E-state index in [0.717, 1.165) is 10.0 Å². The van der Waals surface area contributed by atoms with Crippen molar-refractivity contribution in [3.8, 4) is 0 Å². The number of aryl methyl sites for hydroxylation is 1. The van der Waals surface area contributed by atoms with Crippen molar-refractivity contribution in [2.75, 3.05) is 5.32 Å². The summed E-state index contributed by atoms with van der Waals surface area (Å²) in [5, 5.41) is 2.70. The molecule has 1 N–H and O–H groups in total. The molecule has 0 radical (unpaired) electrons. The van der Waals surface area contributed by atoms with Crippen LogP contribution in [-0.2, 0) is 0 Å². The summed E-state index contributed by atoms with van der Waals surface area (Å²) in [6.07, 6.45) is 2.99. The standard InChI is InChI=1S/C11H8BrClN2O2/c1-6-4-9(14-5-8(6)12)15-11(16)7-2-3-17-10(7)13/h2-5H,1H3,(H,14,15,16). The zero-order chi connectivity index (χ0) is 12.4. The summed E-state index contributed by atoms with van der Waals surface area (Å²) in [6, 6.07) is 3.26. The van der Waals surface area contributed by atoms with Gasteiger partial charge in [0.2, 0.25) is 5.22 Å². The third kappa shape index (κ3) is 2.68. The first kappa shape index (κ1) is 12.1. The molecule has 1 amide bonds. The minimum absolute atomic E-state index is 0.0660. The number of nitrogens with zero attached hydrogens (tertiary/aromatic N) is 1. The first-order chi connectivity index (χ1) is 8.08. The van der Waals surface area contributed by atoms with Crippen molar-refractivity contribution in [2.24, 2.45) is 0 Å². The molecule has 2 aromatic rings. The van der Waals surface area contributed by atoms with Crippen molar-refractivity contribution < 1.29 is 9.21 Å². The molecule has 2 rings (SSSR count). The van der Waals surface area contributed by atoms with Crippen molar-refractivity contribution >= 4 is 39.3 Å². The maximum Gasteiger partial charge on any atom is 0.261 e. The third-order valence-corrected chi connectivity index (χ3v) is 3.27. The molecule has 6 heteroatoms. The van der Waals surface area contributed by atoms with Crippen LogP contribution in [0.25, 0.3) is 0 Å². The second-order valence-corrected chi connectivity index (χ2v) is 4.58. The van der Waals surface area contributed by atoms with Crippen molar-refractivity contribution in [2.45, 2.75) is 6.92 Å². The summed E-state index contributed by atoms with van der Waals surface area (Å²) >= 11 is 9.04. The Morgan fingerprint density at radius 2 is 2.35 bits per heavy atom. The highest BCUT2D eigenvalue weighted by atomic mass is 79.9. The summed E-state index contributed by atoms with van der Waals surface area (Å²) in [5.74, 6) is 0.117. The monoisotopic (exact) mass is 314 g/mol. The van der Waals surface area contributed by atoms with Gasteiger partial charge in [0.25, 0.3) is 5.91 Å². The van der Waals surface area contributed by atoms with Crippen LogP contribution in [0.3, 0.4) is 0 Å². The number of carbonyl (C=O) groups excluding carboxylic acids is 1. The van der Waals surface area contributed by atoms with E-state index in [1.165, 1.54) is 12.3 Å². The average molecular weight is 316 g/mol. The molecule has 0 aliphatic heterocycles. The van der Waals surface area contributed by atoms with Gasteiger partial charge in [-0.05, 0) is 52.2 Å². The van der Waals surface area contributed by atoms with Crippen molar-refractivity contribution in [1.29, 1.82) is 0 Å². The molecule has 2 heterocycles. The van der Waals surface area contributed by atoms with E-state index in [1.807, 2.05) is 6.92 Å². The summed E-state index contributed by atoms with van der Waals surface area (Å²) in [7, 11) is 0. The predicted molar refractivity (Wildman–Crippen MR) is 68.3 cm³/mol. The number of hydrogen-bond acceptors (Lipinski definition) is 3. The largest absolute Gasteiger partial charge is 0.452 e. The molecule has 2 aromatic heterocycles. The summed E-state index contributed by atoms with van der Waals surface area (Å²) in [5.41, 5.74) is 1.27. The number of aromatic nitrogens is 1. The molecule has 0 atom stereocenters. The Morgan fingerprint density at radius 1 is 1.59 bits per heavy atom. The molecule has 0 saturated heterocycles. The van der Waals surface area contributed by atoms with Crippen LogP contribution in [0.4, 0.5) is 5.82 Å². The maximum atomic E-state index is 11.8. The Kier molecular flexibility index (Phi) is 3.49. The fourth-order valence-electron chi connectivity index (χ4n) is 1.25. The van der Waals surface area contributed by atoms with Gasteiger partial charge in [-0.15, -0.1) is 0 Å². The van der Waals surface area contributed by atoms with E-state index in [-0.39, 0.29) is 16.7 Å². The van der Waals surface area contributed by atoms with Crippen LogP contribution in [-0.4, -0.2) is 10.9 Å². The molecule has 0 unspecified atom stereocenters. The first-order valence-electron chi connectivity index (χ1n) is 4.74. The van der Waals surface area contributed by atoms with Crippen LogP contribution in [0.15, 0.2) is 33.5 Å². The highest BCUT2D eigenvalue weighted by Gasteiger charge is 2.13. The number of nitrogens with one attached hydrogen (secondary N) is 1.